The fourth-order valence-electron chi connectivity index (χ4n) is 3.43. The molecule has 0 fully saturated rings. The van der Waals surface area contributed by atoms with Gasteiger partial charge in [-0.2, -0.15) is 0 Å². The van der Waals surface area contributed by atoms with Crippen LogP contribution in [0.25, 0.3) is 40.8 Å². The van der Waals surface area contributed by atoms with Crippen LogP contribution in [0.15, 0.2) is 66.7 Å². The summed E-state index contributed by atoms with van der Waals surface area (Å²) in [6.45, 7) is 2.18. The van der Waals surface area contributed by atoms with Gasteiger partial charge in [-0.05, 0) is 0 Å². The van der Waals surface area contributed by atoms with Crippen LogP contribution < -0.4 is 0 Å². The second-order valence-electron chi connectivity index (χ2n) is 5.93. The summed E-state index contributed by atoms with van der Waals surface area (Å²) in [5.74, 6) is 0. The van der Waals surface area contributed by atoms with Gasteiger partial charge in [0.1, 0.15) is 0 Å². The van der Waals surface area contributed by atoms with E-state index in [1.165, 1.54) is 42.1 Å². The summed E-state index contributed by atoms with van der Waals surface area (Å²) in [5.41, 5.74) is 1.33. The van der Waals surface area contributed by atoms with Gasteiger partial charge in [-0.3, -0.25) is 0 Å². The quantitative estimate of drug-likeness (QED) is 0.251. The Labute approximate surface area is 134 Å². The Morgan fingerprint density at radius 2 is 1.45 bits per heavy atom. The molecule has 0 atom stereocenters. The maximum absolute atomic E-state index is 2.34. The molecule has 0 aliphatic rings. The van der Waals surface area contributed by atoms with Crippen molar-refractivity contribution >= 4 is 55.3 Å². The van der Waals surface area contributed by atoms with E-state index < -0.39 is 0 Å². The second-order valence-corrected chi connectivity index (χ2v) is 8.14. The van der Waals surface area contributed by atoms with Gasteiger partial charge in [0.05, 0.1) is 0 Å². The summed E-state index contributed by atoms with van der Waals surface area (Å²) in [4.78, 5) is 0. The van der Waals surface area contributed by atoms with Crippen LogP contribution in [-0.4, -0.2) is 14.5 Å². The van der Waals surface area contributed by atoms with Crippen LogP contribution in [0.2, 0.25) is 0 Å². The minimum absolute atomic E-state index is 0.406. The number of hydrogen-bond donors (Lipinski definition) is 0. The molecular formula is C21H14Se. The zero-order chi connectivity index (χ0) is 14.7. The molecule has 0 saturated carbocycles. The Morgan fingerprint density at radius 1 is 0.682 bits per heavy atom. The van der Waals surface area contributed by atoms with Crippen molar-refractivity contribution < 1.29 is 0 Å². The van der Waals surface area contributed by atoms with Crippen LogP contribution in [0.5, 0.6) is 0 Å². The Kier molecular flexibility index (Phi) is 2.52. The van der Waals surface area contributed by atoms with E-state index in [1.54, 1.807) is 4.26 Å². The fourth-order valence-corrected chi connectivity index (χ4v) is 6.10. The Hall–Kier alpha value is -2.08. The van der Waals surface area contributed by atoms with Gasteiger partial charge in [0.2, 0.25) is 0 Å². The van der Waals surface area contributed by atoms with E-state index in [2.05, 4.69) is 73.7 Å². The van der Waals surface area contributed by atoms with Gasteiger partial charge in [-0.1, -0.05) is 0 Å². The number of aryl methyl sites for hydroxylation is 1. The van der Waals surface area contributed by atoms with Gasteiger partial charge < -0.3 is 0 Å². The average Bonchev–Trinajstić information content (AvgIpc) is 2.93. The van der Waals surface area contributed by atoms with E-state index in [9.17, 15) is 0 Å². The third-order valence-electron chi connectivity index (χ3n) is 4.50. The normalized spacial score (nSPS) is 11.9. The van der Waals surface area contributed by atoms with Crippen LogP contribution in [0, 0.1) is 6.92 Å². The molecule has 0 aliphatic carbocycles. The molecule has 0 bridgehead atoms. The van der Waals surface area contributed by atoms with Crippen molar-refractivity contribution in [3.05, 3.63) is 72.3 Å². The average molecular weight is 345 g/mol. The zero-order valence-electron chi connectivity index (χ0n) is 12.3. The standard InChI is InChI=1S/C21H14Se/c1-13-6-7-14-8-9-15-10-11-17-16-4-2-3-5-19(16)22-21(17)20(15)18(14)12-13/h2-12H,1H3. The van der Waals surface area contributed by atoms with Gasteiger partial charge in [0, 0.05) is 0 Å². The molecule has 0 N–H and O–H groups in total. The number of benzene rings is 4. The minimum atomic E-state index is 0.406. The predicted molar refractivity (Wildman–Crippen MR) is 98.1 cm³/mol. The van der Waals surface area contributed by atoms with Crippen molar-refractivity contribution in [3.63, 3.8) is 0 Å². The molecule has 0 radical (unpaired) electrons. The first-order chi connectivity index (χ1) is 10.8. The third-order valence-corrected chi connectivity index (χ3v) is 7.03. The van der Waals surface area contributed by atoms with Crippen molar-refractivity contribution in [2.45, 2.75) is 6.92 Å². The van der Waals surface area contributed by atoms with E-state index >= 15 is 0 Å². The molecule has 5 rings (SSSR count). The predicted octanol–water partition coefficient (Wildman–Crippen LogP) is 5.66. The van der Waals surface area contributed by atoms with E-state index in [0.717, 1.165) is 0 Å². The van der Waals surface area contributed by atoms with Crippen molar-refractivity contribution in [2.24, 2.45) is 0 Å². The number of hydrogen-bond acceptors (Lipinski definition) is 0. The molecule has 1 heterocycles. The molecule has 4 aromatic carbocycles. The Morgan fingerprint density at radius 3 is 2.41 bits per heavy atom. The molecule has 22 heavy (non-hydrogen) atoms. The summed E-state index contributed by atoms with van der Waals surface area (Å²) in [5, 5.41) is 8.46. The fraction of sp³-hybridized carbons (Fsp3) is 0.0476. The van der Waals surface area contributed by atoms with Crippen molar-refractivity contribution in [3.8, 4) is 0 Å². The molecule has 104 valence electrons. The van der Waals surface area contributed by atoms with Crippen LogP contribution in [-0.2, 0) is 0 Å². The van der Waals surface area contributed by atoms with Gasteiger partial charge in [-0.15, -0.1) is 0 Å². The van der Waals surface area contributed by atoms with Crippen LogP contribution >= 0.6 is 0 Å². The summed E-state index contributed by atoms with van der Waals surface area (Å²) in [7, 11) is 0. The molecular weight excluding hydrogens is 331 g/mol. The first-order valence-corrected chi connectivity index (χ1v) is 9.26. The summed E-state index contributed by atoms with van der Waals surface area (Å²) in [6.07, 6.45) is 0. The maximum atomic E-state index is 2.34. The first-order valence-electron chi connectivity index (χ1n) is 7.54. The van der Waals surface area contributed by atoms with Crippen LogP contribution in [0.3, 0.4) is 0 Å². The van der Waals surface area contributed by atoms with Gasteiger partial charge in [0.25, 0.3) is 0 Å². The summed E-state index contributed by atoms with van der Waals surface area (Å²) in [6, 6.07) is 24.8. The van der Waals surface area contributed by atoms with E-state index in [4.69, 9.17) is 0 Å². The SMILES string of the molecule is Cc1ccc2ccc3ccc4c5ccccc5[se]c4c3c2c1. The van der Waals surface area contributed by atoms with E-state index in [-0.39, 0.29) is 0 Å². The number of rotatable bonds is 0. The van der Waals surface area contributed by atoms with E-state index in [0.29, 0.717) is 14.5 Å². The molecule has 0 unspecified atom stereocenters. The first kappa shape index (κ1) is 12.5. The summed E-state index contributed by atoms with van der Waals surface area (Å²) >= 11 is 0.406. The van der Waals surface area contributed by atoms with Crippen molar-refractivity contribution in [2.75, 3.05) is 0 Å². The molecule has 5 aromatic rings. The molecule has 0 spiro atoms. The molecule has 0 amide bonds. The Balaban J connectivity index is 2.12. The van der Waals surface area contributed by atoms with Crippen LogP contribution in [0.1, 0.15) is 5.56 Å². The van der Waals surface area contributed by atoms with Gasteiger partial charge >= 0.3 is 135 Å². The second kappa shape index (κ2) is 4.46. The van der Waals surface area contributed by atoms with E-state index in [1.807, 2.05) is 0 Å². The van der Waals surface area contributed by atoms with Gasteiger partial charge in [-0.25, -0.2) is 0 Å². The molecule has 0 nitrogen and oxygen atoms in total. The van der Waals surface area contributed by atoms with Gasteiger partial charge in [0.15, 0.2) is 0 Å². The zero-order valence-corrected chi connectivity index (χ0v) is 14.0. The monoisotopic (exact) mass is 346 g/mol. The van der Waals surface area contributed by atoms with Crippen molar-refractivity contribution in [1.82, 2.24) is 0 Å². The Bertz CT molecular complexity index is 1180. The third kappa shape index (κ3) is 1.64. The van der Waals surface area contributed by atoms with Crippen molar-refractivity contribution in [1.29, 1.82) is 0 Å². The van der Waals surface area contributed by atoms with Crippen LogP contribution in [0.4, 0.5) is 0 Å². The molecule has 1 heteroatoms. The molecule has 1 aromatic heterocycles. The summed E-state index contributed by atoms with van der Waals surface area (Å²) < 4.78 is 3.07. The topological polar surface area (TPSA) is 0 Å². The molecule has 0 saturated heterocycles. The number of fused-ring (bicyclic) bond motifs is 7. The molecule has 0 aliphatic heterocycles.